The zero-order valence-electron chi connectivity index (χ0n) is 8.55. The molecular weight excluding hydrogens is 241 g/mol. The molecule has 0 aliphatic carbocycles. The standard InChI is InChI=1S/C8H13F3N4S/c9-8(10,11)6-14-15-7(16-6)13-5-3-1-2-4-12/h1-5,12H2,(H,13,15). The van der Waals surface area contributed by atoms with E-state index in [2.05, 4.69) is 15.5 Å². The number of hydrogen-bond donors (Lipinski definition) is 2. The molecule has 0 atom stereocenters. The SMILES string of the molecule is NCCCCCNc1nnc(C(F)(F)F)s1. The van der Waals surface area contributed by atoms with Gasteiger partial charge in [0, 0.05) is 6.54 Å². The Balaban J connectivity index is 2.30. The predicted molar refractivity (Wildman–Crippen MR) is 56.3 cm³/mol. The average Bonchev–Trinajstić information content (AvgIpc) is 2.65. The molecule has 0 aliphatic heterocycles. The van der Waals surface area contributed by atoms with E-state index in [9.17, 15) is 13.2 Å². The van der Waals surface area contributed by atoms with Gasteiger partial charge in [-0.05, 0) is 19.4 Å². The molecule has 3 N–H and O–H groups in total. The van der Waals surface area contributed by atoms with Crippen molar-refractivity contribution in [2.45, 2.75) is 25.4 Å². The van der Waals surface area contributed by atoms with Gasteiger partial charge in [-0.3, -0.25) is 0 Å². The molecule has 1 rings (SSSR count). The summed E-state index contributed by atoms with van der Waals surface area (Å²) in [7, 11) is 0. The van der Waals surface area contributed by atoms with Crippen molar-refractivity contribution in [1.82, 2.24) is 10.2 Å². The summed E-state index contributed by atoms with van der Waals surface area (Å²) in [5.74, 6) is 0. The highest BCUT2D eigenvalue weighted by molar-refractivity contribution is 7.15. The third-order valence-corrected chi connectivity index (χ3v) is 2.75. The number of unbranched alkanes of at least 4 members (excludes halogenated alkanes) is 2. The van der Waals surface area contributed by atoms with Gasteiger partial charge < -0.3 is 11.1 Å². The molecule has 1 heterocycles. The van der Waals surface area contributed by atoms with Crippen LogP contribution < -0.4 is 11.1 Å². The number of nitrogens with one attached hydrogen (secondary N) is 1. The molecule has 92 valence electrons. The van der Waals surface area contributed by atoms with Gasteiger partial charge in [0.05, 0.1) is 0 Å². The second-order valence-electron chi connectivity index (χ2n) is 3.19. The van der Waals surface area contributed by atoms with Gasteiger partial charge in [-0.25, -0.2) is 0 Å². The number of nitrogens with two attached hydrogens (primary N) is 1. The van der Waals surface area contributed by atoms with Crippen LogP contribution in [0.1, 0.15) is 24.3 Å². The molecule has 8 heteroatoms. The van der Waals surface area contributed by atoms with Crippen LogP contribution in [0.5, 0.6) is 0 Å². The fraction of sp³-hybridized carbons (Fsp3) is 0.750. The van der Waals surface area contributed by atoms with Crippen LogP contribution in [0.2, 0.25) is 0 Å². The summed E-state index contributed by atoms with van der Waals surface area (Å²) in [6, 6.07) is 0. The second-order valence-corrected chi connectivity index (χ2v) is 4.16. The Morgan fingerprint density at radius 1 is 1.19 bits per heavy atom. The van der Waals surface area contributed by atoms with E-state index >= 15 is 0 Å². The first-order chi connectivity index (χ1) is 7.54. The van der Waals surface area contributed by atoms with Gasteiger partial charge in [-0.15, -0.1) is 10.2 Å². The third kappa shape index (κ3) is 4.31. The van der Waals surface area contributed by atoms with Gasteiger partial charge in [0.2, 0.25) is 10.1 Å². The van der Waals surface area contributed by atoms with Crippen LogP contribution in [0.4, 0.5) is 18.3 Å². The van der Waals surface area contributed by atoms with E-state index in [-0.39, 0.29) is 5.13 Å². The number of alkyl halides is 3. The van der Waals surface area contributed by atoms with Crippen molar-refractivity contribution in [3.8, 4) is 0 Å². The molecule has 0 amide bonds. The molecule has 0 unspecified atom stereocenters. The van der Waals surface area contributed by atoms with Crippen molar-refractivity contribution in [3.05, 3.63) is 5.01 Å². The first-order valence-corrected chi connectivity index (χ1v) is 5.70. The summed E-state index contributed by atoms with van der Waals surface area (Å²) in [5.41, 5.74) is 5.31. The lowest BCUT2D eigenvalue weighted by Gasteiger charge is -2.01. The molecule has 0 aliphatic rings. The molecule has 0 fully saturated rings. The maximum Gasteiger partial charge on any atom is 0.445 e. The van der Waals surface area contributed by atoms with E-state index in [0.29, 0.717) is 24.4 Å². The minimum Gasteiger partial charge on any atom is -0.360 e. The van der Waals surface area contributed by atoms with Gasteiger partial charge in [0.15, 0.2) is 0 Å². The topological polar surface area (TPSA) is 63.8 Å². The van der Waals surface area contributed by atoms with Crippen molar-refractivity contribution in [2.75, 3.05) is 18.4 Å². The number of anilines is 1. The van der Waals surface area contributed by atoms with E-state index < -0.39 is 11.2 Å². The number of halogens is 3. The summed E-state index contributed by atoms with van der Waals surface area (Å²) in [6.45, 7) is 1.23. The summed E-state index contributed by atoms with van der Waals surface area (Å²) in [4.78, 5) is 0. The lowest BCUT2D eigenvalue weighted by atomic mass is 10.2. The number of rotatable bonds is 6. The lowest BCUT2D eigenvalue weighted by molar-refractivity contribution is -0.138. The summed E-state index contributed by atoms with van der Waals surface area (Å²) in [5, 5.41) is 8.57. The van der Waals surface area contributed by atoms with Crippen molar-refractivity contribution >= 4 is 16.5 Å². The fourth-order valence-corrected chi connectivity index (χ4v) is 1.69. The Morgan fingerprint density at radius 2 is 1.94 bits per heavy atom. The van der Waals surface area contributed by atoms with Crippen molar-refractivity contribution in [1.29, 1.82) is 0 Å². The number of aromatic nitrogens is 2. The van der Waals surface area contributed by atoms with E-state index in [1.807, 2.05) is 0 Å². The summed E-state index contributed by atoms with van der Waals surface area (Å²) >= 11 is 0.521. The Bertz CT molecular complexity index is 312. The van der Waals surface area contributed by atoms with Crippen molar-refractivity contribution in [2.24, 2.45) is 5.73 Å². The highest BCUT2D eigenvalue weighted by Crippen LogP contribution is 2.32. The molecule has 1 aromatic rings. The van der Waals surface area contributed by atoms with Crippen molar-refractivity contribution < 1.29 is 13.2 Å². The van der Waals surface area contributed by atoms with Crippen LogP contribution in [0, 0.1) is 0 Å². The molecule has 0 bridgehead atoms. The van der Waals surface area contributed by atoms with Gasteiger partial charge in [0.1, 0.15) is 0 Å². The minimum absolute atomic E-state index is 0.208. The maximum absolute atomic E-state index is 12.2. The van der Waals surface area contributed by atoms with Crippen molar-refractivity contribution in [3.63, 3.8) is 0 Å². The minimum atomic E-state index is -4.41. The Kier molecular flexibility index (Phi) is 4.94. The summed E-state index contributed by atoms with van der Waals surface area (Å²) < 4.78 is 36.5. The molecule has 4 nitrogen and oxygen atoms in total. The van der Waals surface area contributed by atoms with E-state index in [4.69, 9.17) is 5.73 Å². The van der Waals surface area contributed by atoms with E-state index in [1.165, 1.54) is 0 Å². The number of hydrogen-bond acceptors (Lipinski definition) is 5. The molecule has 0 saturated heterocycles. The zero-order valence-corrected chi connectivity index (χ0v) is 9.37. The normalized spacial score (nSPS) is 11.8. The molecule has 0 saturated carbocycles. The Labute approximate surface area is 95.1 Å². The highest BCUT2D eigenvalue weighted by Gasteiger charge is 2.35. The van der Waals surface area contributed by atoms with Crippen LogP contribution in [-0.4, -0.2) is 23.3 Å². The molecule has 0 radical (unpaired) electrons. The monoisotopic (exact) mass is 254 g/mol. The van der Waals surface area contributed by atoms with Gasteiger partial charge in [0.25, 0.3) is 0 Å². The van der Waals surface area contributed by atoms with Crippen LogP contribution in [0.15, 0.2) is 0 Å². The van der Waals surface area contributed by atoms with Gasteiger partial charge in [-0.1, -0.05) is 17.8 Å². The van der Waals surface area contributed by atoms with Gasteiger partial charge >= 0.3 is 6.18 Å². The average molecular weight is 254 g/mol. The first kappa shape index (κ1) is 13.2. The number of nitrogens with zero attached hydrogens (tertiary/aromatic N) is 2. The third-order valence-electron chi connectivity index (χ3n) is 1.82. The van der Waals surface area contributed by atoms with Crippen LogP contribution in [-0.2, 0) is 6.18 Å². The largest absolute Gasteiger partial charge is 0.445 e. The fourth-order valence-electron chi connectivity index (χ4n) is 1.05. The smallest absolute Gasteiger partial charge is 0.360 e. The Hall–Kier alpha value is -0.890. The molecule has 0 spiro atoms. The van der Waals surface area contributed by atoms with E-state index in [0.717, 1.165) is 19.3 Å². The van der Waals surface area contributed by atoms with Crippen LogP contribution >= 0.6 is 11.3 Å². The Morgan fingerprint density at radius 3 is 2.50 bits per heavy atom. The second kappa shape index (κ2) is 6.00. The van der Waals surface area contributed by atoms with Gasteiger partial charge in [-0.2, -0.15) is 13.2 Å². The predicted octanol–water partition coefficient (Wildman–Crippen LogP) is 2.10. The quantitative estimate of drug-likeness (QED) is 0.763. The molecule has 1 aromatic heterocycles. The highest BCUT2D eigenvalue weighted by atomic mass is 32.1. The maximum atomic E-state index is 12.2. The van der Waals surface area contributed by atoms with E-state index in [1.54, 1.807) is 0 Å². The summed E-state index contributed by atoms with van der Waals surface area (Å²) in [6.07, 6.45) is -1.67. The molecule has 16 heavy (non-hydrogen) atoms. The molecular formula is C8H13F3N4S. The first-order valence-electron chi connectivity index (χ1n) is 4.88. The lowest BCUT2D eigenvalue weighted by Crippen LogP contribution is -2.03. The zero-order chi connectivity index (χ0) is 12.0. The molecule has 0 aromatic carbocycles. The van der Waals surface area contributed by atoms with Crippen LogP contribution in [0.25, 0.3) is 0 Å². The van der Waals surface area contributed by atoms with Crippen LogP contribution in [0.3, 0.4) is 0 Å².